The van der Waals surface area contributed by atoms with Gasteiger partial charge in [-0.1, -0.05) is 228 Å². The van der Waals surface area contributed by atoms with E-state index in [0.29, 0.717) is 5.92 Å². The van der Waals surface area contributed by atoms with Crippen molar-refractivity contribution >= 4 is 48.6 Å². The lowest BCUT2D eigenvalue weighted by atomic mass is 9.59. The molecule has 0 N–H and O–H groups in total. The molecule has 0 amide bonds. The van der Waals surface area contributed by atoms with Gasteiger partial charge < -0.3 is 14.4 Å². The summed E-state index contributed by atoms with van der Waals surface area (Å²) in [6.45, 7) is 28.4. The Morgan fingerprint density at radius 3 is 1.80 bits per heavy atom. The van der Waals surface area contributed by atoms with Crippen LogP contribution in [0.25, 0.3) is 42.4 Å². The Labute approximate surface area is 489 Å². The number of ether oxygens (including phenoxy) is 2. The van der Waals surface area contributed by atoms with Crippen LogP contribution >= 0.6 is 11.3 Å². The van der Waals surface area contributed by atoms with E-state index in [1.807, 2.05) is 11.3 Å². The number of fused-ring (bicyclic) bond motifs is 19. The Balaban J connectivity index is 1.05. The van der Waals surface area contributed by atoms with Crippen LogP contribution in [0.3, 0.4) is 0 Å². The van der Waals surface area contributed by atoms with Gasteiger partial charge >= 0.3 is 0 Å². The van der Waals surface area contributed by atoms with Crippen molar-refractivity contribution in [3.63, 3.8) is 0 Å². The minimum absolute atomic E-state index is 0.0112. The Kier molecular flexibility index (Phi) is 10.9. The molecule has 3 heterocycles. The van der Waals surface area contributed by atoms with Gasteiger partial charge in [-0.15, -0.1) is 11.3 Å². The quantitative estimate of drug-likeness (QED) is 0.176. The molecular formula is C78H73NO2S. The second-order valence-corrected chi connectivity index (χ2v) is 29.4. The monoisotopic (exact) mass is 1090 g/mol. The standard InChI is InChI=1S/C78H73NO2S/c1-73(2,3)46-31-36-52-53-37-32-47(74(4,5)6)42-61(53)78(60(52)41-46)58-25-16-17-29-67(58)81-71-59(78)26-20-27-65(71)79(66-28-19-23-56-55-22-14-18-30-70(55)82-72(56)66)50-35-38-54-51-21-13-15-24-57(51)77(62(54)45-50)63-43-48(75(7,8)9)33-39-68(63)80-69-40-34-49(44-64(69)77)76(10,11)12/h13-33,35-39,41-42,44-45,48H,34,40,43H2,1-12H3. The van der Waals surface area contributed by atoms with Gasteiger partial charge in [-0.3, -0.25) is 0 Å². The Morgan fingerprint density at radius 1 is 0.500 bits per heavy atom. The third kappa shape index (κ3) is 7.19. The van der Waals surface area contributed by atoms with Crippen LogP contribution in [-0.4, -0.2) is 0 Å². The van der Waals surface area contributed by atoms with Gasteiger partial charge in [0, 0.05) is 44.3 Å². The molecule has 2 aliphatic heterocycles. The molecule has 8 aromatic carbocycles. The Morgan fingerprint density at radius 2 is 1.10 bits per heavy atom. The number of hydrogen-bond donors (Lipinski definition) is 0. The lowest BCUT2D eigenvalue weighted by Crippen LogP contribution is -2.39. The summed E-state index contributed by atoms with van der Waals surface area (Å²) in [5.41, 5.74) is 21.3. The van der Waals surface area contributed by atoms with Gasteiger partial charge in [0.25, 0.3) is 0 Å². The maximum atomic E-state index is 7.71. The van der Waals surface area contributed by atoms with Gasteiger partial charge in [0.2, 0.25) is 0 Å². The molecule has 0 bridgehead atoms. The van der Waals surface area contributed by atoms with E-state index in [-0.39, 0.29) is 21.7 Å². The molecule has 1 aromatic heterocycles. The first-order valence-corrected chi connectivity index (χ1v) is 30.7. The van der Waals surface area contributed by atoms with E-state index in [2.05, 4.69) is 270 Å². The van der Waals surface area contributed by atoms with Crippen LogP contribution in [0.5, 0.6) is 11.5 Å². The van der Waals surface area contributed by atoms with Crippen molar-refractivity contribution in [2.24, 2.45) is 16.7 Å². The zero-order valence-electron chi connectivity index (χ0n) is 49.7. The molecule has 9 aromatic rings. The second kappa shape index (κ2) is 17.4. The topological polar surface area (TPSA) is 21.7 Å². The summed E-state index contributed by atoms with van der Waals surface area (Å²) in [6, 6.07) is 63.1. The third-order valence-corrected chi connectivity index (χ3v) is 20.7. The molecule has 82 heavy (non-hydrogen) atoms. The van der Waals surface area contributed by atoms with Crippen LogP contribution in [0, 0.1) is 16.7 Å². The van der Waals surface area contributed by atoms with Crippen LogP contribution < -0.4 is 9.64 Å². The molecule has 6 aliphatic rings. The smallest absolute Gasteiger partial charge is 0.156 e. The van der Waals surface area contributed by atoms with Crippen molar-refractivity contribution in [1.82, 2.24) is 0 Å². The summed E-state index contributed by atoms with van der Waals surface area (Å²) in [7, 11) is 0. The number of allylic oxidation sites excluding steroid dienone is 7. The van der Waals surface area contributed by atoms with E-state index in [0.717, 1.165) is 64.9 Å². The Bertz CT molecular complexity index is 4310. The molecule has 2 atom stereocenters. The maximum absolute atomic E-state index is 7.71. The molecule has 4 heteroatoms. The average Bonchev–Trinajstić information content (AvgIpc) is 1.70. The predicted octanol–water partition coefficient (Wildman–Crippen LogP) is 21.8. The zero-order chi connectivity index (χ0) is 56.6. The molecule has 2 spiro atoms. The van der Waals surface area contributed by atoms with Crippen LogP contribution in [-0.2, 0) is 26.4 Å². The summed E-state index contributed by atoms with van der Waals surface area (Å²) in [5.74, 6) is 4.18. The van der Waals surface area contributed by atoms with Crippen LogP contribution in [0.15, 0.2) is 210 Å². The third-order valence-electron chi connectivity index (χ3n) is 19.5. The fourth-order valence-corrected chi connectivity index (χ4v) is 16.3. The largest absolute Gasteiger partial charge is 0.461 e. The summed E-state index contributed by atoms with van der Waals surface area (Å²) in [5, 5.41) is 2.52. The number of benzene rings is 8. The SMILES string of the molecule is CC(C)(C)C1=CC2=C(CC1)OC1=C(CC(C(C)(C)C)C=C1)C21c2ccccc2-c2ccc(N(c3cccc4c3Oc3ccccc3C43c4cc(C(C)(C)C)ccc4-c4ccc(C(C)(C)C)cc43)c3cccc4c3sc3ccccc34)cc21. The zero-order valence-corrected chi connectivity index (χ0v) is 50.5. The second-order valence-electron chi connectivity index (χ2n) is 28.4. The fraction of sp³-hybridized carbons (Fsp3) is 0.282. The number of rotatable bonds is 3. The van der Waals surface area contributed by atoms with Crippen molar-refractivity contribution in [2.45, 2.75) is 124 Å². The molecule has 3 nitrogen and oxygen atoms in total. The van der Waals surface area contributed by atoms with Crippen LogP contribution in [0.2, 0.25) is 0 Å². The molecule has 0 fully saturated rings. The molecule has 408 valence electrons. The van der Waals surface area contributed by atoms with Crippen molar-refractivity contribution in [3.8, 4) is 33.8 Å². The van der Waals surface area contributed by atoms with E-state index in [9.17, 15) is 0 Å². The highest BCUT2D eigenvalue weighted by Gasteiger charge is 2.56. The summed E-state index contributed by atoms with van der Waals surface area (Å²) in [6.07, 6.45) is 10.1. The molecule has 4 aliphatic carbocycles. The molecule has 0 saturated carbocycles. The lowest BCUT2D eigenvalue weighted by Gasteiger charge is -2.47. The van der Waals surface area contributed by atoms with Gasteiger partial charge in [0.05, 0.1) is 26.9 Å². The Hall–Kier alpha value is -7.66. The highest BCUT2D eigenvalue weighted by atomic mass is 32.1. The molecule has 0 radical (unpaired) electrons. The minimum atomic E-state index is -0.698. The van der Waals surface area contributed by atoms with Gasteiger partial charge in [0.15, 0.2) is 5.75 Å². The number of hydrogen-bond acceptors (Lipinski definition) is 4. The van der Waals surface area contributed by atoms with Crippen LogP contribution in [0.1, 0.15) is 147 Å². The lowest BCUT2D eigenvalue weighted by molar-refractivity contribution is 0.235. The molecule has 2 unspecified atom stereocenters. The molecular weight excluding hydrogens is 1010 g/mol. The van der Waals surface area contributed by atoms with Crippen LogP contribution in [0.4, 0.5) is 17.1 Å². The first-order valence-electron chi connectivity index (χ1n) is 29.9. The summed E-state index contributed by atoms with van der Waals surface area (Å²) in [4.78, 5) is 2.57. The van der Waals surface area contributed by atoms with E-state index < -0.39 is 10.8 Å². The van der Waals surface area contributed by atoms with Crippen molar-refractivity contribution in [2.75, 3.05) is 4.90 Å². The van der Waals surface area contributed by atoms with E-state index in [4.69, 9.17) is 9.47 Å². The maximum Gasteiger partial charge on any atom is 0.156 e. The van der Waals surface area contributed by atoms with Gasteiger partial charge in [-0.05, 0) is 144 Å². The van der Waals surface area contributed by atoms with Gasteiger partial charge in [0.1, 0.15) is 17.3 Å². The average molecular weight is 1090 g/mol. The van der Waals surface area contributed by atoms with Gasteiger partial charge in [-0.2, -0.15) is 0 Å². The van der Waals surface area contributed by atoms with Crippen molar-refractivity contribution in [3.05, 3.63) is 255 Å². The number of nitrogens with zero attached hydrogens (tertiary/aromatic N) is 1. The van der Waals surface area contributed by atoms with Crippen molar-refractivity contribution < 1.29 is 9.47 Å². The van der Waals surface area contributed by atoms with E-state index in [1.165, 1.54) is 98.1 Å². The fourth-order valence-electron chi connectivity index (χ4n) is 15.1. The molecule has 15 rings (SSSR count). The number of anilines is 3. The first kappa shape index (κ1) is 51.2. The van der Waals surface area contributed by atoms with E-state index >= 15 is 0 Å². The first-order chi connectivity index (χ1) is 39.2. The number of para-hydroxylation sites is 2. The number of thiophene rings is 1. The minimum Gasteiger partial charge on any atom is -0.461 e. The summed E-state index contributed by atoms with van der Waals surface area (Å²) >= 11 is 1.88. The van der Waals surface area contributed by atoms with Crippen molar-refractivity contribution in [1.29, 1.82) is 0 Å². The highest BCUT2D eigenvalue weighted by molar-refractivity contribution is 7.26. The normalized spacial score (nSPS) is 19.2. The highest BCUT2D eigenvalue weighted by Crippen LogP contribution is 2.67. The predicted molar refractivity (Wildman–Crippen MR) is 344 cm³/mol. The van der Waals surface area contributed by atoms with E-state index in [1.54, 1.807) is 0 Å². The molecule has 0 saturated heterocycles. The summed E-state index contributed by atoms with van der Waals surface area (Å²) < 4.78 is 17.5. The van der Waals surface area contributed by atoms with Gasteiger partial charge in [-0.25, -0.2) is 0 Å².